The summed E-state index contributed by atoms with van der Waals surface area (Å²) in [6, 6.07) is 17.6. The van der Waals surface area contributed by atoms with Crippen LogP contribution in [0.5, 0.6) is 5.88 Å². The summed E-state index contributed by atoms with van der Waals surface area (Å²) in [5.74, 6) is 0.614. The van der Waals surface area contributed by atoms with Gasteiger partial charge in [0.05, 0.1) is 18.3 Å². The van der Waals surface area contributed by atoms with Gasteiger partial charge in [-0.3, -0.25) is 4.79 Å². The predicted molar refractivity (Wildman–Crippen MR) is 133 cm³/mol. The van der Waals surface area contributed by atoms with Crippen molar-refractivity contribution in [3.05, 3.63) is 72.7 Å². The number of piperazine rings is 1. The van der Waals surface area contributed by atoms with E-state index in [0.29, 0.717) is 24.5 Å². The minimum atomic E-state index is -0.0961. The molecule has 2 aromatic carbocycles. The van der Waals surface area contributed by atoms with Gasteiger partial charge in [0.25, 0.3) is 5.91 Å². The third kappa shape index (κ3) is 4.34. The number of nitrogens with zero attached hydrogens (tertiary/aromatic N) is 4. The molecule has 0 aliphatic carbocycles. The average molecular weight is 454 g/mol. The second-order valence-corrected chi connectivity index (χ2v) is 9.16. The number of ether oxygens (including phenoxy) is 1. The van der Waals surface area contributed by atoms with E-state index < -0.39 is 0 Å². The maximum absolute atomic E-state index is 13.3. The van der Waals surface area contributed by atoms with Crippen LogP contribution in [0.15, 0.2) is 67.1 Å². The van der Waals surface area contributed by atoms with Crippen molar-refractivity contribution < 1.29 is 9.53 Å². The Morgan fingerprint density at radius 3 is 2.62 bits per heavy atom. The molecule has 3 heterocycles. The Bertz CT molecular complexity index is 1350. The predicted octanol–water partition coefficient (Wildman–Crippen LogP) is 4.19. The Balaban J connectivity index is 1.52. The second kappa shape index (κ2) is 8.83. The van der Waals surface area contributed by atoms with E-state index in [0.717, 1.165) is 39.8 Å². The van der Waals surface area contributed by atoms with E-state index in [1.807, 2.05) is 53.4 Å². The van der Waals surface area contributed by atoms with Crippen molar-refractivity contribution in [3.8, 4) is 28.3 Å². The van der Waals surface area contributed by atoms with Gasteiger partial charge < -0.3 is 15.0 Å². The van der Waals surface area contributed by atoms with Crippen LogP contribution in [-0.4, -0.2) is 58.0 Å². The largest absolute Gasteiger partial charge is 0.481 e. The molecule has 0 atom stereocenters. The maximum Gasteiger partial charge on any atom is 0.253 e. The molecule has 7 heteroatoms. The summed E-state index contributed by atoms with van der Waals surface area (Å²) in [7, 11) is 1.60. The molecule has 1 aliphatic rings. The molecule has 1 saturated heterocycles. The Hall–Kier alpha value is -3.84. The Labute approximate surface area is 198 Å². The first-order valence-corrected chi connectivity index (χ1v) is 11.3. The van der Waals surface area contributed by atoms with E-state index in [4.69, 9.17) is 4.74 Å². The van der Waals surface area contributed by atoms with Gasteiger partial charge >= 0.3 is 0 Å². The topological polar surface area (TPSA) is 80.2 Å². The lowest BCUT2D eigenvalue weighted by Gasteiger charge is -2.39. The molecule has 1 fully saturated rings. The summed E-state index contributed by atoms with van der Waals surface area (Å²) in [4.78, 5) is 28.6. The number of hydrogen-bond acceptors (Lipinski definition) is 6. The van der Waals surface area contributed by atoms with Crippen LogP contribution < -0.4 is 10.1 Å². The Kier molecular flexibility index (Phi) is 5.71. The van der Waals surface area contributed by atoms with Crippen LogP contribution in [-0.2, 0) is 0 Å². The molecule has 0 spiro atoms. The van der Waals surface area contributed by atoms with Crippen LogP contribution in [0.3, 0.4) is 0 Å². The van der Waals surface area contributed by atoms with Crippen LogP contribution in [0.2, 0.25) is 0 Å². The summed E-state index contributed by atoms with van der Waals surface area (Å²) in [5.41, 5.74) is 5.08. The zero-order chi connectivity index (χ0) is 23.7. The van der Waals surface area contributed by atoms with Crippen LogP contribution in [0.1, 0.15) is 24.2 Å². The van der Waals surface area contributed by atoms with Crippen molar-refractivity contribution in [1.29, 1.82) is 0 Å². The van der Waals surface area contributed by atoms with Gasteiger partial charge in [0.2, 0.25) is 5.88 Å². The molecule has 0 unspecified atom stereocenters. The fraction of sp³-hybridized carbons (Fsp3) is 0.259. The zero-order valence-corrected chi connectivity index (χ0v) is 19.6. The minimum Gasteiger partial charge on any atom is -0.481 e. The molecule has 4 aromatic rings. The van der Waals surface area contributed by atoms with Crippen LogP contribution in [0.25, 0.3) is 33.3 Å². The number of benzene rings is 2. The summed E-state index contributed by atoms with van der Waals surface area (Å²) < 4.78 is 5.17. The number of aromatic nitrogens is 3. The van der Waals surface area contributed by atoms with Crippen LogP contribution in [0, 0.1) is 0 Å². The van der Waals surface area contributed by atoms with Crippen molar-refractivity contribution in [2.45, 2.75) is 19.4 Å². The number of rotatable bonds is 4. The number of carbonyl (C=O) groups excluding carboxylic acids is 1. The zero-order valence-electron chi connectivity index (χ0n) is 19.6. The number of amides is 1. The fourth-order valence-corrected chi connectivity index (χ4v) is 4.43. The first-order valence-electron chi connectivity index (χ1n) is 11.3. The van der Waals surface area contributed by atoms with Crippen molar-refractivity contribution in [3.63, 3.8) is 0 Å². The van der Waals surface area contributed by atoms with Crippen molar-refractivity contribution in [2.24, 2.45) is 0 Å². The van der Waals surface area contributed by atoms with Gasteiger partial charge in [0, 0.05) is 59.5 Å². The molecule has 1 N–H and O–H groups in total. The number of pyridine rings is 1. The molecular weight excluding hydrogens is 426 g/mol. The van der Waals surface area contributed by atoms with Crippen molar-refractivity contribution in [1.82, 2.24) is 25.2 Å². The number of fused-ring (bicyclic) bond motifs is 1. The standard InChI is InChI=1S/C27H27N5O2/c1-27(2)16-32(12-11-31-27)26(33)20-6-4-5-19(13-20)25-22-14-18(7-9-23(22)29-17-30-25)21-8-10-24(34-3)28-15-21/h4-10,13-15,17,31H,11-12,16H2,1-3H3. The van der Waals surface area contributed by atoms with Gasteiger partial charge in [-0.2, -0.15) is 0 Å². The van der Waals surface area contributed by atoms with Gasteiger partial charge in [0.1, 0.15) is 6.33 Å². The molecule has 0 saturated carbocycles. The van der Waals surface area contributed by atoms with E-state index in [2.05, 4.69) is 40.2 Å². The summed E-state index contributed by atoms with van der Waals surface area (Å²) in [6.07, 6.45) is 3.36. The molecule has 1 amide bonds. The summed E-state index contributed by atoms with van der Waals surface area (Å²) >= 11 is 0. The third-order valence-corrected chi connectivity index (χ3v) is 6.16. The third-order valence-electron chi connectivity index (χ3n) is 6.16. The van der Waals surface area contributed by atoms with E-state index >= 15 is 0 Å². The molecule has 1 aliphatic heterocycles. The normalized spacial score (nSPS) is 15.3. The Morgan fingerprint density at radius 1 is 1.00 bits per heavy atom. The lowest BCUT2D eigenvalue weighted by molar-refractivity contribution is 0.0652. The molecular formula is C27H27N5O2. The molecule has 0 bridgehead atoms. The number of hydrogen-bond donors (Lipinski definition) is 1. The summed E-state index contributed by atoms with van der Waals surface area (Å²) in [5, 5.41) is 4.37. The Morgan fingerprint density at radius 2 is 1.85 bits per heavy atom. The fourth-order valence-electron chi connectivity index (χ4n) is 4.43. The highest BCUT2D eigenvalue weighted by molar-refractivity contribution is 5.98. The quantitative estimate of drug-likeness (QED) is 0.499. The minimum absolute atomic E-state index is 0.0415. The second-order valence-electron chi connectivity index (χ2n) is 9.16. The number of methoxy groups -OCH3 is 1. The van der Waals surface area contributed by atoms with Gasteiger partial charge in [-0.15, -0.1) is 0 Å². The SMILES string of the molecule is COc1ccc(-c2ccc3ncnc(-c4cccc(C(=O)N5CCNC(C)(C)C5)c4)c3c2)cn1. The van der Waals surface area contributed by atoms with Gasteiger partial charge in [-0.05, 0) is 49.7 Å². The lowest BCUT2D eigenvalue weighted by atomic mass is 9.99. The van der Waals surface area contributed by atoms with E-state index in [1.165, 1.54) is 0 Å². The smallest absolute Gasteiger partial charge is 0.253 e. The van der Waals surface area contributed by atoms with E-state index in [1.54, 1.807) is 19.6 Å². The van der Waals surface area contributed by atoms with Crippen LogP contribution >= 0.6 is 0 Å². The lowest BCUT2D eigenvalue weighted by Crippen LogP contribution is -2.58. The number of carbonyl (C=O) groups is 1. The molecule has 7 nitrogen and oxygen atoms in total. The average Bonchev–Trinajstić information content (AvgIpc) is 2.87. The van der Waals surface area contributed by atoms with Gasteiger partial charge in [-0.25, -0.2) is 15.0 Å². The molecule has 0 radical (unpaired) electrons. The van der Waals surface area contributed by atoms with Crippen LogP contribution in [0.4, 0.5) is 0 Å². The highest BCUT2D eigenvalue weighted by Gasteiger charge is 2.29. The van der Waals surface area contributed by atoms with Crippen molar-refractivity contribution in [2.75, 3.05) is 26.7 Å². The maximum atomic E-state index is 13.3. The molecule has 172 valence electrons. The first-order chi connectivity index (χ1) is 16.4. The molecule has 34 heavy (non-hydrogen) atoms. The van der Waals surface area contributed by atoms with Crippen molar-refractivity contribution >= 4 is 16.8 Å². The van der Waals surface area contributed by atoms with Gasteiger partial charge in [-0.1, -0.05) is 18.2 Å². The van der Waals surface area contributed by atoms with E-state index in [-0.39, 0.29) is 11.4 Å². The summed E-state index contributed by atoms with van der Waals surface area (Å²) in [6.45, 7) is 6.39. The number of nitrogens with one attached hydrogen (secondary N) is 1. The van der Waals surface area contributed by atoms with Gasteiger partial charge in [0.15, 0.2) is 0 Å². The van der Waals surface area contributed by atoms with E-state index in [9.17, 15) is 4.79 Å². The highest BCUT2D eigenvalue weighted by Crippen LogP contribution is 2.30. The highest BCUT2D eigenvalue weighted by atomic mass is 16.5. The monoisotopic (exact) mass is 453 g/mol. The molecule has 2 aromatic heterocycles. The molecule has 5 rings (SSSR count). The first kappa shape index (κ1) is 22.0.